The van der Waals surface area contributed by atoms with Crippen LogP contribution < -0.4 is 38.8 Å². The van der Waals surface area contributed by atoms with E-state index < -0.39 is 17.0 Å². The minimum atomic E-state index is -0.960. The second-order valence-electron chi connectivity index (χ2n) is 16.9. The molecule has 2 N–H and O–H groups in total. The van der Waals surface area contributed by atoms with Gasteiger partial charge in [-0.25, -0.2) is 0 Å². The van der Waals surface area contributed by atoms with Crippen molar-refractivity contribution >= 4 is 11.9 Å². The van der Waals surface area contributed by atoms with Gasteiger partial charge < -0.3 is 39.4 Å². The molecule has 10 heteroatoms. The Hall–Kier alpha value is -3.32. The van der Waals surface area contributed by atoms with Crippen LogP contribution >= 0.6 is 0 Å². The maximum absolute atomic E-state index is 13.5. The van der Waals surface area contributed by atoms with Gasteiger partial charge in [0.1, 0.15) is 17.1 Å². The number of aliphatic carboxylic acids is 1. The third kappa shape index (κ3) is 16.2. The summed E-state index contributed by atoms with van der Waals surface area (Å²) >= 11 is 0. The average molecular weight is 821 g/mol. The van der Waals surface area contributed by atoms with E-state index in [2.05, 4.69) is 24.4 Å². The molecule has 3 aromatic rings. The van der Waals surface area contributed by atoms with Crippen molar-refractivity contribution < 1.29 is 52.9 Å². The molecule has 0 aliphatic carbocycles. The standard InChI is InChI=1S/C50H74N2O7.Li/c1-49(40-53)39-52(47(54)25-19-12-8-7-11-15-22-36-51-35-21-14-10-6-4-5-9-13-20-26-48(55)56)37-44(49)38-59-50(41-23-17-16-18-24-41,42-27-31-45(57-2)32-28-42)43-29-33-46(58-3)34-30-43;/h16-18,23-24,27-34,44,51,53H,4-15,19-22,25-26,35-40H2,1-3H3,(H,55,56);/q;+1/p-1. The SMILES string of the molecule is COc1ccc(C(OCC2CN(C(=O)CCCCCCCCCNCCCCCCCCCCCC(=O)[O-])CC2(C)CO)(c2ccccc2)c2ccc(OC)cc2)cc1.[Li+]. The first-order chi connectivity index (χ1) is 28.8. The fraction of sp³-hybridized carbons (Fsp3) is 0.600. The number of ether oxygens (including phenoxy) is 3. The first-order valence-electron chi connectivity index (χ1n) is 22.5. The number of hydrogen-bond donors (Lipinski definition) is 2. The van der Waals surface area contributed by atoms with E-state index in [0.717, 1.165) is 79.8 Å². The summed E-state index contributed by atoms with van der Waals surface area (Å²) in [5, 5.41) is 24.8. The largest absolute Gasteiger partial charge is 1.00 e. The summed E-state index contributed by atoms with van der Waals surface area (Å²) in [7, 11) is 3.32. The summed E-state index contributed by atoms with van der Waals surface area (Å²) in [6, 6.07) is 26.3. The summed E-state index contributed by atoms with van der Waals surface area (Å²) in [6.07, 6.45) is 19.2. The summed E-state index contributed by atoms with van der Waals surface area (Å²) in [4.78, 5) is 25.9. The number of likely N-dealkylation sites (tertiary alicyclic amines) is 1. The van der Waals surface area contributed by atoms with Crippen molar-refractivity contribution in [3.63, 3.8) is 0 Å². The molecular formula is C50H73LiN2O7. The van der Waals surface area contributed by atoms with E-state index in [1.165, 1.54) is 64.2 Å². The third-order valence-electron chi connectivity index (χ3n) is 12.3. The minimum absolute atomic E-state index is 0. The van der Waals surface area contributed by atoms with Gasteiger partial charge >= 0.3 is 18.9 Å². The maximum atomic E-state index is 13.5. The Morgan fingerprint density at radius 1 is 0.683 bits per heavy atom. The summed E-state index contributed by atoms with van der Waals surface area (Å²) in [6.45, 7) is 5.66. The second kappa shape index (κ2) is 28.3. The van der Waals surface area contributed by atoms with E-state index in [1.807, 2.05) is 71.6 Å². The molecule has 0 aromatic heterocycles. The summed E-state index contributed by atoms with van der Waals surface area (Å²) < 4.78 is 18.2. The molecule has 1 saturated heterocycles. The van der Waals surface area contributed by atoms with Gasteiger partial charge in [0.05, 0.1) is 27.4 Å². The van der Waals surface area contributed by atoms with Gasteiger partial charge in [-0.15, -0.1) is 0 Å². The Morgan fingerprint density at radius 2 is 1.12 bits per heavy atom. The number of rotatable bonds is 31. The molecule has 3 aromatic carbocycles. The molecule has 0 saturated carbocycles. The molecule has 2 atom stereocenters. The van der Waals surface area contributed by atoms with Crippen LogP contribution in [-0.2, 0) is 19.9 Å². The minimum Gasteiger partial charge on any atom is -0.550 e. The number of carbonyl (C=O) groups excluding carboxylic acids is 2. The molecule has 1 aliphatic heterocycles. The van der Waals surface area contributed by atoms with Crippen LogP contribution in [0, 0.1) is 11.3 Å². The van der Waals surface area contributed by atoms with Crippen molar-refractivity contribution in [2.24, 2.45) is 11.3 Å². The number of carboxylic acids is 1. The second-order valence-corrected chi connectivity index (χ2v) is 16.9. The number of benzene rings is 3. The predicted octanol–water partition coefficient (Wildman–Crippen LogP) is 5.83. The Balaban J connectivity index is 0.00000961. The number of amides is 1. The molecule has 60 heavy (non-hydrogen) atoms. The van der Waals surface area contributed by atoms with Crippen molar-refractivity contribution in [3.05, 3.63) is 95.6 Å². The van der Waals surface area contributed by atoms with Crippen LogP contribution in [0.5, 0.6) is 11.5 Å². The van der Waals surface area contributed by atoms with E-state index in [0.29, 0.717) is 26.1 Å². The zero-order valence-corrected chi connectivity index (χ0v) is 37.4. The Kier molecular flexibility index (Phi) is 24.1. The van der Waals surface area contributed by atoms with E-state index in [-0.39, 0.29) is 43.7 Å². The molecular weight excluding hydrogens is 747 g/mol. The van der Waals surface area contributed by atoms with E-state index in [9.17, 15) is 19.8 Å². The van der Waals surface area contributed by atoms with Crippen LogP contribution in [0.15, 0.2) is 78.9 Å². The van der Waals surface area contributed by atoms with Crippen LogP contribution in [0.25, 0.3) is 0 Å². The van der Waals surface area contributed by atoms with Crippen molar-refractivity contribution in [2.45, 2.75) is 128 Å². The van der Waals surface area contributed by atoms with Crippen molar-refractivity contribution in [1.82, 2.24) is 10.2 Å². The zero-order chi connectivity index (χ0) is 42.2. The Labute approximate surface area is 373 Å². The molecule has 0 bridgehead atoms. The average Bonchev–Trinajstić information content (AvgIpc) is 3.61. The van der Waals surface area contributed by atoms with Crippen LogP contribution in [0.3, 0.4) is 0 Å². The number of carbonyl (C=O) groups is 2. The molecule has 1 heterocycles. The van der Waals surface area contributed by atoms with Crippen molar-refractivity contribution in [1.29, 1.82) is 0 Å². The maximum Gasteiger partial charge on any atom is 1.00 e. The van der Waals surface area contributed by atoms with Gasteiger partial charge in [-0.3, -0.25) is 4.79 Å². The molecule has 1 aliphatic rings. The topological polar surface area (TPSA) is 120 Å². The number of carboxylic acid groups (broad SMARTS) is 1. The first kappa shape index (κ1) is 51.0. The van der Waals surface area contributed by atoms with Gasteiger partial charge in [0.25, 0.3) is 0 Å². The van der Waals surface area contributed by atoms with E-state index >= 15 is 0 Å². The molecule has 4 rings (SSSR count). The number of unbranched alkanes of at least 4 members (excludes halogenated alkanes) is 14. The van der Waals surface area contributed by atoms with Gasteiger partial charge in [-0.05, 0) is 86.1 Å². The van der Waals surface area contributed by atoms with Gasteiger partial charge in [-0.1, -0.05) is 139 Å². The number of nitrogens with zero attached hydrogens (tertiary/aromatic N) is 1. The van der Waals surface area contributed by atoms with Crippen LogP contribution in [0.4, 0.5) is 0 Å². The number of methoxy groups -OCH3 is 2. The zero-order valence-electron chi connectivity index (χ0n) is 37.4. The quantitative estimate of drug-likeness (QED) is 0.0473. The molecule has 0 radical (unpaired) electrons. The number of nitrogens with one attached hydrogen (secondary N) is 1. The van der Waals surface area contributed by atoms with Crippen LogP contribution in [0.1, 0.15) is 139 Å². The Bertz CT molecular complexity index is 1560. The van der Waals surface area contributed by atoms with Gasteiger partial charge in [0.15, 0.2) is 0 Å². The molecule has 326 valence electrons. The van der Waals surface area contributed by atoms with Crippen molar-refractivity contribution in [3.8, 4) is 11.5 Å². The molecule has 9 nitrogen and oxygen atoms in total. The molecule has 1 fully saturated rings. The fourth-order valence-electron chi connectivity index (χ4n) is 8.49. The molecule has 1 amide bonds. The van der Waals surface area contributed by atoms with Crippen molar-refractivity contribution in [2.75, 3.05) is 53.6 Å². The number of aliphatic hydroxyl groups is 1. The molecule has 2 unspecified atom stereocenters. The van der Waals surface area contributed by atoms with Gasteiger partial charge in [0.2, 0.25) is 5.91 Å². The van der Waals surface area contributed by atoms with Crippen LogP contribution in [0.2, 0.25) is 0 Å². The van der Waals surface area contributed by atoms with Crippen LogP contribution in [-0.4, -0.2) is 75.5 Å². The summed E-state index contributed by atoms with van der Waals surface area (Å²) in [5.74, 6) is 0.698. The smallest absolute Gasteiger partial charge is 0.550 e. The van der Waals surface area contributed by atoms with Gasteiger partial charge in [-0.2, -0.15) is 0 Å². The van der Waals surface area contributed by atoms with E-state index in [4.69, 9.17) is 14.2 Å². The third-order valence-corrected chi connectivity index (χ3v) is 12.3. The number of aliphatic hydroxyl groups excluding tert-OH is 1. The fourth-order valence-corrected chi connectivity index (χ4v) is 8.49. The molecule has 0 spiro atoms. The summed E-state index contributed by atoms with van der Waals surface area (Å²) in [5.41, 5.74) is 1.44. The Morgan fingerprint density at radius 3 is 1.57 bits per heavy atom. The first-order valence-corrected chi connectivity index (χ1v) is 22.5. The normalized spacial score (nSPS) is 16.4. The van der Waals surface area contributed by atoms with E-state index in [1.54, 1.807) is 14.2 Å². The van der Waals surface area contributed by atoms with Gasteiger partial charge in [0, 0.05) is 36.8 Å². The number of hydrogen-bond acceptors (Lipinski definition) is 8. The predicted molar refractivity (Wildman–Crippen MR) is 235 cm³/mol. The monoisotopic (exact) mass is 821 g/mol.